The Hall–Kier alpha value is -2.12. The van der Waals surface area contributed by atoms with Gasteiger partial charge in [0, 0.05) is 30.7 Å². The second kappa shape index (κ2) is 13.7. The predicted molar refractivity (Wildman–Crippen MR) is 135 cm³/mol. The second-order valence-corrected chi connectivity index (χ2v) is 9.47. The molecule has 6 nitrogen and oxygen atoms in total. The second-order valence-electron chi connectivity index (χ2n) is 9.03. The van der Waals surface area contributed by atoms with E-state index in [1.165, 1.54) is 31.9 Å². The summed E-state index contributed by atoms with van der Waals surface area (Å²) in [5, 5.41) is 11.6. The number of nitrogens with zero attached hydrogens (tertiary/aromatic N) is 2. The quantitative estimate of drug-likeness (QED) is 0.448. The lowest BCUT2D eigenvalue weighted by atomic mass is 10.0. The van der Waals surface area contributed by atoms with Crippen molar-refractivity contribution in [1.29, 1.82) is 0 Å². The van der Waals surface area contributed by atoms with Crippen LogP contribution in [0.3, 0.4) is 0 Å². The van der Waals surface area contributed by atoms with Crippen LogP contribution in [0.1, 0.15) is 43.4 Å². The molecule has 2 atom stereocenters. The van der Waals surface area contributed by atoms with Gasteiger partial charge in [-0.2, -0.15) is 0 Å². The highest BCUT2D eigenvalue weighted by Crippen LogP contribution is 2.21. The minimum atomic E-state index is -0.600. The zero-order valence-corrected chi connectivity index (χ0v) is 21.0. The zero-order chi connectivity index (χ0) is 24.3. The van der Waals surface area contributed by atoms with Crippen molar-refractivity contribution >= 4 is 17.6 Å². The van der Waals surface area contributed by atoms with Crippen LogP contribution in [0.15, 0.2) is 48.5 Å². The molecule has 2 aromatic carbocycles. The Morgan fingerprint density at radius 2 is 1.88 bits per heavy atom. The van der Waals surface area contributed by atoms with Crippen LogP contribution in [-0.2, 0) is 16.0 Å². The van der Waals surface area contributed by atoms with Crippen molar-refractivity contribution < 1.29 is 19.4 Å². The number of esters is 1. The van der Waals surface area contributed by atoms with E-state index in [1.807, 2.05) is 48.5 Å². The summed E-state index contributed by atoms with van der Waals surface area (Å²) in [7, 11) is 1.34. The van der Waals surface area contributed by atoms with Gasteiger partial charge in [0.2, 0.25) is 0 Å². The molecule has 0 aliphatic carbocycles. The molecule has 0 bridgehead atoms. The number of halogens is 1. The minimum absolute atomic E-state index is 0.0993. The minimum Gasteiger partial charge on any atom is -0.482 e. The number of benzene rings is 2. The summed E-state index contributed by atoms with van der Waals surface area (Å²) in [6.07, 6.45) is 4.11. The molecular weight excluding hydrogens is 452 g/mol. The zero-order valence-electron chi connectivity index (χ0n) is 20.3. The Morgan fingerprint density at radius 1 is 1.15 bits per heavy atom. The first-order chi connectivity index (χ1) is 16.4. The van der Waals surface area contributed by atoms with Crippen molar-refractivity contribution in [3.05, 3.63) is 64.7 Å². The summed E-state index contributed by atoms with van der Waals surface area (Å²) >= 11 is 6.15. The van der Waals surface area contributed by atoms with E-state index in [0.717, 1.165) is 38.2 Å². The Morgan fingerprint density at radius 3 is 2.56 bits per heavy atom. The molecule has 7 heteroatoms. The largest absolute Gasteiger partial charge is 0.482 e. The maximum Gasteiger partial charge on any atom is 0.343 e. The van der Waals surface area contributed by atoms with Crippen LogP contribution < -0.4 is 4.74 Å². The van der Waals surface area contributed by atoms with E-state index < -0.39 is 12.1 Å². The summed E-state index contributed by atoms with van der Waals surface area (Å²) in [5.74, 6) is 0.237. The number of hydrogen-bond acceptors (Lipinski definition) is 6. The number of rotatable bonds is 12. The smallest absolute Gasteiger partial charge is 0.343 e. The maximum atomic E-state index is 11.3. The maximum absolute atomic E-state index is 11.3. The number of piperidine rings is 1. The molecule has 1 aliphatic heterocycles. The molecule has 3 rings (SSSR count). The van der Waals surface area contributed by atoms with Crippen LogP contribution in [-0.4, -0.2) is 73.4 Å². The lowest BCUT2D eigenvalue weighted by molar-refractivity contribution is -0.142. The molecule has 0 saturated carbocycles. The number of methoxy groups -OCH3 is 1. The molecule has 0 aromatic heterocycles. The third kappa shape index (κ3) is 8.58. The van der Waals surface area contributed by atoms with Crippen molar-refractivity contribution in [2.75, 3.05) is 46.4 Å². The number of hydrogen-bond donors (Lipinski definition) is 1. The Labute approximate surface area is 208 Å². The van der Waals surface area contributed by atoms with Gasteiger partial charge >= 0.3 is 5.97 Å². The number of carbonyl (C=O) groups excluding carboxylic acids is 1. The standard InChI is InChI=1S/C27H37ClN2O4/c1-21(17-22-9-11-25(12-10-22)34-20-27(32)33-2)30(16-15-29-13-4-3-5-14-29)19-26(31)23-7-6-8-24(28)18-23/h6-12,18,21,26,31H,3-5,13-17,19-20H2,1-2H3. The van der Waals surface area contributed by atoms with E-state index in [2.05, 4.69) is 21.5 Å². The molecule has 1 N–H and O–H groups in total. The first-order valence-corrected chi connectivity index (χ1v) is 12.5. The van der Waals surface area contributed by atoms with Crippen LogP contribution in [0.25, 0.3) is 0 Å². The molecule has 0 radical (unpaired) electrons. The summed E-state index contributed by atoms with van der Waals surface area (Å²) in [6, 6.07) is 15.5. The monoisotopic (exact) mass is 488 g/mol. The number of likely N-dealkylation sites (tertiary alicyclic amines) is 1. The fourth-order valence-electron chi connectivity index (χ4n) is 4.38. The van der Waals surface area contributed by atoms with Crippen LogP contribution in [0, 0.1) is 0 Å². The first-order valence-electron chi connectivity index (χ1n) is 12.1. The van der Waals surface area contributed by atoms with Gasteiger partial charge in [-0.25, -0.2) is 4.79 Å². The highest BCUT2D eigenvalue weighted by atomic mass is 35.5. The van der Waals surface area contributed by atoms with Gasteiger partial charge in [-0.05, 0) is 74.7 Å². The lowest BCUT2D eigenvalue weighted by Gasteiger charge is -2.34. The summed E-state index contributed by atoms with van der Waals surface area (Å²) in [4.78, 5) is 16.2. The van der Waals surface area contributed by atoms with Gasteiger partial charge in [-0.3, -0.25) is 4.90 Å². The van der Waals surface area contributed by atoms with Gasteiger partial charge in [-0.1, -0.05) is 42.3 Å². The van der Waals surface area contributed by atoms with Crippen molar-refractivity contribution in [3.63, 3.8) is 0 Å². The Balaban J connectivity index is 1.62. The number of aliphatic hydroxyl groups excluding tert-OH is 1. The molecule has 1 fully saturated rings. The van der Waals surface area contributed by atoms with Gasteiger partial charge in [-0.15, -0.1) is 0 Å². The molecular formula is C27H37ClN2O4. The number of ether oxygens (including phenoxy) is 2. The van der Waals surface area contributed by atoms with Crippen molar-refractivity contribution in [2.24, 2.45) is 0 Å². The molecule has 2 aromatic rings. The van der Waals surface area contributed by atoms with E-state index in [1.54, 1.807) is 0 Å². The lowest BCUT2D eigenvalue weighted by Crippen LogP contribution is -2.44. The van der Waals surface area contributed by atoms with Gasteiger partial charge < -0.3 is 19.5 Å². The molecule has 34 heavy (non-hydrogen) atoms. The number of carbonyl (C=O) groups is 1. The highest BCUT2D eigenvalue weighted by molar-refractivity contribution is 6.30. The van der Waals surface area contributed by atoms with Crippen LogP contribution in [0.2, 0.25) is 5.02 Å². The van der Waals surface area contributed by atoms with E-state index in [4.69, 9.17) is 16.3 Å². The van der Waals surface area contributed by atoms with E-state index in [0.29, 0.717) is 17.3 Å². The van der Waals surface area contributed by atoms with Crippen LogP contribution >= 0.6 is 11.6 Å². The van der Waals surface area contributed by atoms with Crippen LogP contribution in [0.4, 0.5) is 0 Å². The van der Waals surface area contributed by atoms with E-state index in [9.17, 15) is 9.90 Å². The predicted octanol–water partition coefficient (Wildman–Crippen LogP) is 4.34. The molecule has 1 saturated heterocycles. The normalized spacial score (nSPS) is 16.3. The topological polar surface area (TPSA) is 62.2 Å². The summed E-state index contributed by atoms with van der Waals surface area (Å²) in [5.41, 5.74) is 2.02. The molecule has 1 aliphatic rings. The van der Waals surface area contributed by atoms with Gasteiger partial charge in [0.05, 0.1) is 13.2 Å². The molecule has 2 unspecified atom stereocenters. The highest BCUT2D eigenvalue weighted by Gasteiger charge is 2.21. The molecule has 1 heterocycles. The van der Waals surface area contributed by atoms with E-state index >= 15 is 0 Å². The summed E-state index contributed by atoms with van der Waals surface area (Å²) in [6.45, 7) is 6.89. The Kier molecular flexibility index (Phi) is 10.7. The fraction of sp³-hybridized carbons (Fsp3) is 0.519. The van der Waals surface area contributed by atoms with Crippen molar-refractivity contribution in [3.8, 4) is 5.75 Å². The summed E-state index contributed by atoms with van der Waals surface area (Å²) < 4.78 is 10.1. The third-order valence-corrected chi connectivity index (χ3v) is 6.69. The Bertz CT molecular complexity index is 886. The van der Waals surface area contributed by atoms with Crippen molar-refractivity contribution in [1.82, 2.24) is 9.80 Å². The first kappa shape index (κ1) is 26.5. The van der Waals surface area contributed by atoms with Crippen molar-refractivity contribution in [2.45, 2.75) is 44.8 Å². The van der Waals surface area contributed by atoms with E-state index in [-0.39, 0.29) is 12.6 Å². The molecule has 186 valence electrons. The van der Waals surface area contributed by atoms with Crippen LogP contribution in [0.5, 0.6) is 5.75 Å². The average Bonchev–Trinajstić information content (AvgIpc) is 2.86. The molecule has 0 spiro atoms. The molecule has 0 amide bonds. The van der Waals surface area contributed by atoms with Gasteiger partial charge in [0.1, 0.15) is 5.75 Å². The SMILES string of the molecule is COC(=O)COc1ccc(CC(C)N(CCN2CCCCC2)CC(O)c2cccc(Cl)c2)cc1. The third-order valence-electron chi connectivity index (χ3n) is 6.46. The average molecular weight is 489 g/mol. The number of aliphatic hydroxyl groups is 1. The van der Waals surface area contributed by atoms with Gasteiger partial charge in [0.15, 0.2) is 6.61 Å². The van der Waals surface area contributed by atoms with Gasteiger partial charge in [0.25, 0.3) is 0 Å². The fourth-order valence-corrected chi connectivity index (χ4v) is 4.58.